The van der Waals surface area contributed by atoms with Crippen LogP contribution in [0.25, 0.3) is 0 Å². The van der Waals surface area contributed by atoms with Gasteiger partial charge in [-0.3, -0.25) is 4.79 Å². The Kier molecular flexibility index (Phi) is 5.05. The van der Waals surface area contributed by atoms with Crippen LogP contribution in [0.2, 0.25) is 0 Å². The lowest BCUT2D eigenvalue weighted by Crippen LogP contribution is -2.33. The van der Waals surface area contributed by atoms with Crippen LogP contribution in [0.3, 0.4) is 0 Å². The SMILES string of the molecule is CCN(CC)C(=O)Cn1ccc(CNC)c1. The maximum atomic E-state index is 11.8. The van der Waals surface area contributed by atoms with E-state index in [2.05, 4.69) is 5.32 Å². The Hall–Kier alpha value is -1.29. The van der Waals surface area contributed by atoms with E-state index >= 15 is 0 Å². The third-order valence-corrected chi connectivity index (χ3v) is 2.63. The zero-order chi connectivity index (χ0) is 12.0. The number of carbonyl (C=O) groups is 1. The number of carbonyl (C=O) groups excluding carboxylic acids is 1. The van der Waals surface area contributed by atoms with E-state index in [-0.39, 0.29) is 5.91 Å². The molecule has 1 N–H and O–H groups in total. The number of hydrogen-bond acceptors (Lipinski definition) is 2. The molecule has 1 rings (SSSR count). The largest absolute Gasteiger partial charge is 0.345 e. The quantitative estimate of drug-likeness (QED) is 0.783. The van der Waals surface area contributed by atoms with Crippen molar-refractivity contribution in [1.82, 2.24) is 14.8 Å². The lowest BCUT2D eigenvalue weighted by molar-refractivity contribution is -0.131. The van der Waals surface area contributed by atoms with E-state index in [1.54, 1.807) is 0 Å². The maximum absolute atomic E-state index is 11.8. The molecule has 1 aromatic rings. The average Bonchev–Trinajstić information content (AvgIpc) is 2.68. The highest BCUT2D eigenvalue weighted by Gasteiger charge is 2.09. The van der Waals surface area contributed by atoms with Crippen molar-refractivity contribution in [1.29, 1.82) is 0 Å². The molecule has 1 amide bonds. The molecular formula is C12H21N3O. The molecule has 0 spiro atoms. The minimum absolute atomic E-state index is 0.177. The van der Waals surface area contributed by atoms with Crippen LogP contribution < -0.4 is 5.32 Å². The van der Waals surface area contributed by atoms with Crippen molar-refractivity contribution in [2.45, 2.75) is 26.9 Å². The van der Waals surface area contributed by atoms with E-state index in [0.29, 0.717) is 6.54 Å². The number of likely N-dealkylation sites (N-methyl/N-ethyl adjacent to an activating group) is 1. The summed E-state index contributed by atoms with van der Waals surface area (Å²) >= 11 is 0. The molecule has 0 radical (unpaired) electrons. The zero-order valence-corrected chi connectivity index (χ0v) is 10.4. The smallest absolute Gasteiger partial charge is 0.242 e. The van der Waals surface area contributed by atoms with Crippen molar-refractivity contribution >= 4 is 5.91 Å². The van der Waals surface area contributed by atoms with Gasteiger partial charge in [0.05, 0.1) is 0 Å². The minimum atomic E-state index is 0.177. The number of rotatable bonds is 6. The zero-order valence-electron chi connectivity index (χ0n) is 10.4. The molecule has 0 saturated carbocycles. The first-order chi connectivity index (χ1) is 7.71. The first-order valence-corrected chi connectivity index (χ1v) is 5.78. The van der Waals surface area contributed by atoms with Gasteiger partial charge in [0, 0.05) is 32.0 Å². The number of nitrogens with one attached hydrogen (secondary N) is 1. The molecule has 0 aliphatic carbocycles. The number of nitrogens with zero attached hydrogens (tertiary/aromatic N) is 2. The second-order valence-corrected chi connectivity index (χ2v) is 3.79. The van der Waals surface area contributed by atoms with E-state index in [0.717, 1.165) is 19.6 Å². The summed E-state index contributed by atoms with van der Waals surface area (Å²) in [5.74, 6) is 0.177. The third-order valence-electron chi connectivity index (χ3n) is 2.63. The summed E-state index contributed by atoms with van der Waals surface area (Å²) in [6, 6.07) is 2.03. The highest BCUT2D eigenvalue weighted by atomic mass is 16.2. The summed E-state index contributed by atoms with van der Waals surface area (Å²) < 4.78 is 1.94. The molecule has 1 aromatic heterocycles. The molecule has 90 valence electrons. The molecule has 0 aromatic carbocycles. The summed E-state index contributed by atoms with van der Waals surface area (Å²) in [6.45, 7) is 6.84. The average molecular weight is 223 g/mol. The van der Waals surface area contributed by atoms with Gasteiger partial charge >= 0.3 is 0 Å². The van der Waals surface area contributed by atoms with Gasteiger partial charge in [-0.25, -0.2) is 0 Å². The lowest BCUT2D eigenvalue weighted by Gasteiger charge is -2.18. The fraction of sp³-hybridized carbons (Fsp3) is 0.583. The van der Waals surface area contributed by atoms with E-state index in [4.69, 9.17) is 0 Å². The predicted octanol–water partition coefficient (Wildman–Crippen LogP) is 1.08. The second-order valence-electron chi connectivity index (χ2n) is 3.79. The van der Waals surface area contributed by atoms with Crippen molar-refractivity contribution in [2.75, 3.05) is 20.1 Å². The number of hydrogen-bond donors (Lipinski definition) is 1. The normalized spacial score (nSPS) is 10.4. The third kappa shape index (κ3) is 3.38. The Morgan fingerprint density at radius 3 is 2.69 bits per heavy atom. The Labute approximate surface area is 97.2 Å². The van der Waals surface area contributed by atoms with Crippen LogP contribution in [0.4, 0.5) is 0 Å². The Morgan fingerprint density at radius 2 is 2.12 bits per heavy atom. The van der Waals surface area contributed by atoms with Gasteiger partial charge in [-0.1, -0.05) is 0 Å². The van der Waals surface area contributed by atoms with Crippen LogP contribution in [0.5, 0.6) is 0 Å². The topological polar surface area (TPSA) is 37.3 Å². The number of amides is 1. The second kappa shape index (κ2) is 6.33. The first kappa shape index (κ1) is 12.8. The van der Waals surface area contributed by atoms with Crippen LogP contribution in [-0.2, 0) is 17.9 Å². The van der Waals surface area contributed by atoms with Crippen LogP contribution in [-0.4, -0.2) is 35.5 Å². The number of aromatic nitrogens is 1. The van der Waals surface area contributed by atoms with E-state index in [9.17, 15) is 4.79 Å². The first-order valence-electron chi connectivity index (χ1n) is 5.78. The van der Waals surface area contributed by atoms with Crippen LogP contribution in [0.1, 0.15) is 19.4 Å². The van der Waals surface area contributed by atoms with Gasteiger partial charge in [0.2, 0.25) is 5.91 Å². The van der Waals surface area contributed by atoms with Gasteiger partial charge in [0.1, 0.15) is 6.54 Å². The van der Waals surface area contributed by atoms with Crippen molar-refractivity contribution in [3.63, 3.8) is 0 Å². The Morgan fingerprint density at radius 1 is 1.44 bits per heavy atom. The van der Waals surface area contributed by atoms with Crippen molar-refractivity contribution in [2.24, 2.45) is 0 Å². The van der Waals surface area contributed by atoms with Crippen molar-refractivity contribution < 1.29 is 4.79 Å². The maximum Gasteiger partial charge on any atom is 0.242 e. The Balaban J connectivity index is 2.55. The fourth-order valence-corrected chi connectivity index (χ4v) is 1.73. The fourth-order valence-electron chi connectivity index (χ4n) is 1.73. The lowest BCUT2D eigenvalue weighted by atomic mass is 10.3. The molecule has 4 heteroatoms. The van der Waals surface area contributed by atoms with E-state index in [1.165, 1.54) is 5.56 Å². The summed E-state index contributed by atoms with van der Waals surface area (Å²) in [5, 5.41) is 3.09. The summed E-state index contributed by atoms with van der Waals surface area (Å²) in [5.41, 5.74) is 1.20. The van der Waals surface area contributed by atoms with Crippen LogP contribution >= 0.6 is 0 Å². The molecule has 0 saturated heterocycles. The van der Waals surface area contributed by atoms with Gasteiger partial charge in [-0.05, 0) is 32.5 Å². The van der Waals surface area contributed by atoms with E-state index < -0.39 is 0 Å². The standard InChI is InChI=1S/C12H21N3O/c1-4-15(5-2)12(16)10-14-7-6-11(9-14)8-13-3/h6-7,9,13H,4-5,8,10H2,1-3H3. The van der Waals surface area contributed by atoms with Crippen LogP contribution in [0.15, 0.2) is 18.5 Å². The van der Waals surface area contributed by atoms with Gasteiger partial charge in [-0.2, -0.15) is 0 Å². The monoisotopic (exact) mass is 223 g/mol. The van der Waals surface area contributed by atoms with Gasteiger partial charge in [0.25, 0.3) is 0 Å². The molecule has 1 heterocycles. The van der Waals surface area contributed by atoms with E-state index in [1.807, 2.05) is 48.8 Å². The van der Waals surface area contributed by atoms with Gasteiger partial charge in [-0.15, -0.1) is 0 Å². The van der Waals surface area contributed by atoms with Crippen LogP contribution in [0, 0.1) is 0 Å². The molecule has 0 fully saturated rings. The summed E-state index contributed by atoms with van der Waals surface area (Å²) in [7, 11) is 1.92. The van der Waals surface area contributed by atoms with Gasteiger partial charge < -0.3 is 14.8 Å². The molecule has 0 unspecified atom stereocenters. The minimum Gasteiger partial charge on any atom is -0.345 e. The summed E-state index contributed by atoms with van der Waals surface area (Å²) in [6.07, 6.45) is 3.96. The van der Waals surface area contributed by atoms with Gasteiger partial charge in [0.15, 0.2) is 0 Å². The molecule has 0 bridgehead atoms. The predicted molar refractivity (Wildman–Crippen MR) is 65.1 cm³/mol. The Bertz CT molecular complexity index is 329. The highest BCUT2D eigenvalue weighted by Crippen LogP contribution is 2.02. The molecular weight excluding hydrogens is 202 g/mol. The highest BCUT2D eigenvalue weighted by molar-refractivity contribution is 5.75. The molecule has 0 aliphatic heterocycles. The molecule has 4 nitrogen and oxygen atoms in total. The van der Waals surface area contributed by atoms with Crippen molar-refractivity contribution in [3.05, 3.63) is 24.0 Å². The van der Waals surface area contributed by atoms with Crippen molar-refractivity contribution in [3.8, 4) is 0 Å². The summed E-state index contributed by atoms with van der Waals surface area (Å²) in [4.78, 5) is 13.7. The molecule has 16 heavy (non-hydrogen) atoms. The molecule has 0 atom stereocenters. The molecule has 0 aliphatic rings.